The number of amides is 2. The van der Waals surface area contributed by atoms with Crippen molar-refractivity contribution in [2.45, 2.75) is 50.6 Å². The van der Waals surface area contributed by atoms with Crippen molar-refractivity contribution in [3.05, 3.63) is 36.4 Å². The van der Waals surface area contributed by atoms with E-state index in [2.05, 4.69) is 16.9 Å². The van der Waals surface area contributed by atoms with Crippen LogP contribution in [-0.2, 0) is 15.1 Å². The van der Waals surface area contributed by atoms with Crippen molar-refractivity contribution in [2.24, 2.45) is 0 Å². The van der Waals surface area contributed by atoms with Crippen LogP contribution in [0.2, 0.25) is 0 Å². The van der Waals surface area contributed by atoms with E-state index in [4.69, 9.17) is 0 Å². The predicted molar refractivity (Wildman–Crippen MR) is 89.7 cm³/mol. The molecule has 0 saturated heterocycles. The third-order valence-electron chi connectivity index (χ3n) is 5.50. The first-order chi connectivity index (χ1) is 11.5. The minimum absolute atomic E-state index is 0.144. The van der Waals surface area contributed by atoms with E-state index in [1.54, 1.807) is 23.4 Å². The Morgan fingerprint density at radius 3 is 2.88 bits per heavy atom. The lowest BCUT2D eigenvalue weighted by atomic mass is 9.86. The van der Waals surface area contributed by atoms with Gasteiger partial charge in [0.05, 0.1) is 6.54 Å². The highest BCUT2D eigenvalue weighted by Crippen LogP contribution is 2.44. The Balaban J connectivity index is 1.77. The molecule has 0 spiro atoms. The van der Waals surface area contributed by atoms with Crippen LogP contribution >= 0.6 is 0 Å². The van der Waals surface area contributed by atoms with Gasteiger partial charge in [-0.2, -0.15) is 0 Å². The molecule has 1 saturated carbocycles. The summed E-state index contributed by atoms with van der Waals surface area (Å²) in [5.41, 5.74) is 0.333. The topological polar surface area (TPSA) is 67.2 Å². The maximum absolute atomic E-state index is 13.4. The number of imidazole rings is 1. The molecular formula is C18H22N4O2. The molecule has 1 fully saturated rings. The van der Waals surface area contributed by atoms with Crippen molar-refractivity contribution < 1.29 is 9.59 Å². The second-order valence-corrected chi connectivity index (χ2v) is 6.96. The van der Waals surface area contributed by atoms with Gasteiger partial charge in [0.1, 0.15) is 0 Å². The van der Waals surface area contributed by atoms with Gasteiger partial charge < -0.3 is 14.8 Å². The van der Waals surface area contributed by atoms with Gasteiger partial charge in [-0.15, -0.1) is 0 Å². The summed E-state index contributed by atoms with van der Waals surface area (Å²) >= 11 is 0. The smallest absolute Gasteiger partial charge is 0.258 e. The van der Waals surface area contributed by atoms with Gasteiger partial charge in [0.25, 0.3) is 5.91 Å². The molecule has 24 heavy (non-hydrogen) atoms. The Hall–Kier alpha value is -2.37. The Bertz CT molecular complexity index is 757. The summed E-state index contributed by atoms with van der Waals surface area (Å²) in [6, 6.07) is 0.180. The van der Waals surface area contributed by atoms with E-state index in [1.807, 2.05) is 11.5 Å². The minimum Gasteiger partial charge on any atom is -0.351 e. The molecule has 1 N–H and O–H groups in total. The zero-order valence-corrected chi connectivity index (χ0v) is 13.9. The number of hydrogen-bond acceptors (Lipinski definition) is 3. The fourth-order valence-corrected chi connectivity index (χ4v) is 4.26. The fourth-order valence-electron chi connectivity index (χ4n) is 4.26. The Labute approximate surface area is 141 Å². The van der Waals surface area contributed by atoms with Crippen molar-refractivity contribution in [1.82, 2.24) is 19.8 Å². The van der Waals surface area contributed by atoms with Gasteiger partial charge in [0.2, 0.25) is 11.4 Å². The van der Waals surface area contributed by atoms with Gasteiger partial charge in [-0.3, -0.25) is 9.59 Å². The maximum Gasteiger partial charge on any atom is 0.258 e. The summed E-state index contributed by atoms with van der Waals surface area (Å²) in [5.74, 6) is 0.266. The molecule has 0 radical (unpaired) electrons. The van der Waals surface area contributed by atoms with Crippen LogP contribution in [0.5, 0.6) is 0 Å². The van der Waals surface area contributed by atoms with Gasteiger partial charge in [0, 0.05) is 30.2 Å². The molecule has 126 valence electrons. The SMILES string of the molecule is C=C1CN2C(=O)C=C(C)C2(C(=O)NC2CCCCC2)c2nccn21. The van der Waals surface area contributed by atoms with Crippen molar-refractivity contribution in [3.8, 4) is 0 Å². The predicted octanol–water partition coefficient (Wildman–Crippen LogP) is 1.80. The molecule has 6 heteroatoms. The van der Waals surface area contributed by atoms with Gasteiger partial charge in [-0.05, 0) is 25.3 Å². The van der Waals surface area contributed by atoms with Crippen LogP contribution in [0, 0.1) is 0 Å². The van der Waals surface area contributed by atoms with E-state index < -0.39 is 5.54 Å². The lowest BCUT2D eigenvalue weighted by Gasteiger charge is -2.43. The number of nitrogens with zero attached hydrogens (tertiary/aromatic N) is 3. The highest BCUT2D eigenvalue weighted by Gasteiger charge is 2.58. The molecule has 3 aliphatic rings. The molecule has 2 amide bonds. The highest BCUT2D eigenvalue weighted by molar-refractivity contribution is 6.04. The molecule has 0 aromatic carbocycles. The number of hydrogen-bond donors (Lipinski definition) is 1. The fraction of sp³-hybridized carbons (Fsp3) is 0.500. The van der Waals surface area contributed by atoms with Crippen LogP contribution in [0.15, 0.2) is 30.6 Å². The largest absolute Gasteiger partial charge is 0.351 e. The molecule has 1 atom stereocenters. The van der Waals surface area contributed by atoms with E-state index in [-0.39, 0.29) is 17.9 Å². The first-order valence-corrected chi connectivity index (χ1v) is 8.58. The molecular weight excluding hydrogens is 304 g/mol. The molecule has 1 aromatic rings. The normalized spacial score (nSPS) is 26.9. The lowest BCUT2D eigenvalue weighted by molar-refractivity contribution is -0.141. The van der Waals surface area contributed by atoms with Gasteiger partial charge >= 0.3 is 0 Å². The molecule has 0 bridgehead atoms. The van der Waals surface area contributed by atoms with E-state index in [9.17, 15) is 9.59 Å². The van der Waals surface area contributed by atoms with Gasteiger partial charge in [0.15, 0.2) is 5.82 Å². The van der Waals surface area contributed by atoms with Crippen LogP contribution < -0.4 is 5.32 Å². The number of aromatic nitrogens is 2. The standard InChI is InChI=1S/C18H22N4O2/c1-12-10-15(23)22-11-13(2)21-9-8-19-16(21)18(12,22)17(24)20-14-6-4-3-5-7-14/h8-10,14H,2-7,11H2,1H3,(H,20,24). The molecule has 3 heterocycles. The number of nitrogens with one attached hydrogen (secondary N) is 1. The van der Waals surface area contributed by atoms with Crippen LogP contribution in [0.3, 0.4) is 0 Å². The van der Waals surface area contributed by atoms with Crippen LogP contribution in [0.1, 0.15) is 44.9 Å². The molecule has 1 unspecified atom stereocenters. The Morgan fingerprint density at radius 1 is 1.38 bits per heavy atom. The molecule has 6 nitrogen and oxygen atoms in total. The van der Waals surface area contributed by atoms with Crippen molar-refractivity contribution in [2.75, 3.05) is 6.54 Å². The zero-order chi connectivity index (χ0) is 16.9. The summed E-state index contributed by atoms with van der Waals surface area (Å²) in [7, 11) is 0. The van der Waals surface area contributed by atoms with Crippen LogP contribution in [-0.4, -0.2) is 38.9 Å². The Kier molecular flexibility index (Phi) is 3.37. The second-order valence-electron chi connectivity index (χ2n) is 6.96. The number of rotatable bonds is 2. The minimum atomic E-state index is -1.14. The average molecular weight is 326 g/mol. The van der Waals surface area contributed by atoms with E-state index in [1.165, 1.54) is 6.42 Å². The molecule has 1 aromatic heterocycles. The highest BCUT2D eigenvalue weighted by atomic mass is 16.2. The Morgan fingerprint density at radius 2 is 2.12 bits per heavy atom. The first kappa shape index (κ1) is 15.2. The van der Waals surface area contributed by atoms with Crippen molar-refractivity contribution in [1.29, 1.82) is 0 Å². The van der Waals surface area contributed by atoms with E-state index >= 15 is 0 Å². The van der Waals surface area contributed by atoms with Gasteiger partial charge in [-0.1, -0.05) is 25.8 Å². The number of fused-ring (bicyclic) bond motifs is 3. The van der Waals surface area contributed by atoms with E-state index in [0.29, 0.717) is 12.4 Å². The summed E-state index contributed by atoms with van der Waals surface area (Å²) in [6.07, 6.45) is 10.5. The summed E-state index contributed by atoms with van der Waals surface area (Å²) < 4.78 is 1.84. The maximum atomic E-state index is 13.4. The first-order valence-electron chi connectivity index (χ1n) is 8.58. The van der Waals surface area contributed by atoms with E-state index in [0.717, 1.165) is 37.0 Å². The van der Waals surface area contributed by atoms with Crippen molar-refractivity contribution in [3.63, 3.8) is 0 Å². The molecule has 2 aliphatic heterocycles. The third kappa shape index (κ3) is 1.92. The quantitative estimate of drug-likeness (QED) is 0.901. The van der Waals surface area contributed by atoms with Crippen molar-refractivity contribution >= 4 is 17.5 Å². The monoisotopic (exact) mass is 326 g/mol. The zero-order valence-electron chi connectivity index (χ0n) is 13.9. The molecule has 1 aliphatic carbocycles. The lowest BCUT2D eigenvalue weighted by Crippen LogP contribution is -2.61. The third-order valence-corrected chi connectivity index (χ3v) is 5.50. The van der Waals surface area contributed by atoms with Gasteiger partial charge in [-0.25, -0.2) is 4.98 Å². The second kappa shape index (κ2) is 5.33. The molecule has 4 rings (SSSR count). The number of carbonyl (C=O) groups excluding carboxylic acids is 2. The van der Waals surface area contributed by atoms with Crippen LogP contribution in [0.25, 0.3) is 5.70 Å². The number of carbonyl (C=O) groups is 2. The summed E-state index contributed by atoms with van der Waals surface area (Å²) in [6.45, 7) is 6.19. The van der Waals surface area contributed by atoms with Crippen LogP contribution in [0.4, 0.5) is 0 Å². The summed E-state index contributed by atoms with van der Waals surface area (Å²) in [4.78, 5) is 31.9. The average Bonchev–Trinajstić information content (AvgIpc) is 3.14. The summed E-state index contributed by atoms with van der Waals surface area (Å²) in [5, 5.41) is 3.19.